The average molecular weight is 927 g/mol. The Morgan fingerprint density at radius 2 is 1.46 bits per heavy atom. The Kier molecular flexibility index (Phi) is 18.3. The van der Waals surface area contributed by atoms with Crippen LogP contribution in [0.1, 0.15) is 71.1 Å². The molecule has 0 bridgehead atoms. The topological polar surface area (TPSA) is 242 Å². The lowest BCUT2D eigenvalue weighted by molar-refractivity contribution is -0.169. The number of aliphatic hydroxyl groups is 1. The highest BCUT2D eigenvalue weighted by atomic mass is 35.5. The lowest BCUT2D eigenvalue weighted by Crippen LogP contribution is -2.23. The predicted molar refractivity (Wildman–Crippen MR) is 237 cm³/mol. The first-order valence-electron chi connectivity index (χ1n) is 20.0. The minimum absolute atomic E-state index is 0.0513. The van der Waals surface area contributed by atoms with Crippen molar-refractivity contribution >= 4 is 23.2 Å². The van der Waals surface area contributed by atoms with Crippen LogP contribution in [-0.2, 0) is 35.7 Å². The third kappa shape index (κ3) is 14.0. The van der Waals surface area contributed by atoms with Crippen LogP contribution < -0.4 is 30.1 Å². The SMILES string of the molecule is CCc1cc(Cn2cnc(C)c(Oc3cc(Cl)cc(C#N)c3)c2=O)c(OC)nn1.COc1nnc(COC2CCCCO2)cc1CO.Cc1cc[nH]c(=O)c1Oc1cc(Cl)cc(C#N)c1. The number of H-pyrrole nitrogens is 1. The monoisotopic (exact) mass is 925 g/mol. The van der Waals surface area contributed by atoms with Gasteiger partial charge >= 0.3 is 0 Å². The first-order chi connectivity index (χ1) is 31.4. The molecular formula is C45H45Cl2N9O9. The number of nitrogens with one attached hydrogen (secondary N) is 1. The number of hydrogen-bond donors (Lipinski definition) is 2. The number of halogens is 2. The van der Waals surface area contributed by atoms with Gasteiger partial charge in [0.25, 0.3) is 11.1 Å². The van der Waals surface area contributed by atoms with Gasteiger partial charge in [-0.3, -0.25) is 14.2 Å². The van der Waals surface area contributed by atoms with Crippen molar-refractivity contribution in [3.05, 3.63) is 143 Å². The maximum atomic E-state index is 13.0. The summed E-state index contributed by atoms with van der Waals surface area (Å²) < 4.78 is 33.9. The van der Waals surface area contributed by atoms with Gasteiger partial charge in [-0.15, -0.1) is 15.3 Å². The zero-order valence-corrected chi connectivity index (χ0v) is 37.6. The highest BCUT2D eigenvalue weighted by Crippen LogP contribution is 2.27. The summed E-state index contributed by atoms with van der Waals surface area (Å²) in [6, 6.07) is 18.4. The molecule has 4 aromatic heterocycles. The molecular weight excluding hydrogens is 881 g/mol. The van der Waals surface area contributed by atoms with Gasteiger partial charge < -0.3 is 38.5 Å². The molecule has 1 fully saturated rings. The summed E-state index contributed by atoms with van der Waals surface area (Å²) in [6.45, 7) is 6.53. The van der Waals surface area contributed by atoms with Crippen LogP contribution in [0.2, 0.25) is 10.0 Å². The molecule has 1 saturated heterocycles. The molecule has 0 radical (unpaired) electrons. The van der Waals surface area contributed by atoms with Crippen LogP contribution in [0.3, 0.4) is 0 Å². The molecule has 65 heavy (non-hydrogen) atoms. The second-order valence-corrected chi connectivity index (χ2v) is 14.9. The van der Waals surface area contributed by atoms with Crippen molar-refractivity contribution in [2.24, 2.45) is 0 Å². The molecule has 18 nitrogen and oxygen atoms in total. The smallest absolute Gasteiger partial charge is 0.296 e. The van der Waals surface area contributed by atoms with Gasteiger partial charge in [-0.25, -0.2) is 4.98 Å². The van der Waals surface area contributed by atoms with Gasteiger partial charge in [-0.2, -0.15) is 15.6 Å². The summed E-state index contributed by atoms with van der Waals surface area (Å²) in [5.41, 5.74) is 3.87. The summed E-state index contributed by atoms with van der Waals surface area (Å²) in [5.74, 6) is 1.57. The highest BCUT2D eigenvalue weighted by Gasteiger charge is 2.17. The van der Waals surface area contributed by atoms with E-state index in [1.807, 2.05) is 25.1 Å². The summed E-state index contributed by atoms with van der Waals surface area (Å²) in [4.78, 5) is 31.4. The number of aromatic amines is 1. The number of hydrogen-bond acceptors (Lipinski definition) is 16. The van der Waals surface area contributed by atoms with Gasteiger partial charge in [0.2, 0.25) is 17.5 Å². The molecule has 0 saturated carbocycles. The van der Waals surface area contributed by atoms with Gasteiger partial charge in [-0.1, -0.05) is 30.1 Å². The number of aromatic nitrogens is 7. The molecule has 1 aliphatic rings. The van der Waals surface area contributed by atoms with E-state index in [9.17, 15) is 14.7 Å². The third-order valence-corrected chi connectivity index (χ3v) is 9.75. The van der Waals surface area contributed by atoms with Gasteiger partial charge in [-0.05, 0) is 99.7 Å². The second kappa shape index (κ2) is 24.2. The van der Waals surface area contributed by atoms with E-state index >= 15 is 0 Å². The molecule has 338 valence electrons. The van der Waals surface area contributed by atoms with Crippen LogP contribution in [0.15, 0.2) is 76.7 Å². The predicted octanol–water partition coefficient (Wildman–Crippen LogP) is 7.30. The molecule has 6 aromatic rings. The molecule has 0 aliphatic carbocycles. The minimum Gasteiger partial charge on any atom is -0.480 e. The Balaban J connectivity index is 0.000000192. The van der Waals surface area contributed by atoms with Crippen LogP contribution >= 0.6 is 23.2 Å². The number of aryl methyl sites for hydroxylation is 3. The molecule has 1 atom stereocenters. The quantitative estimate of drug-likeness (QED) is 0.115. The maximum absolute atomic E-state index is 13.0. The second-order valence-electron chi connectivity index (χ2n) is 14.0. The molecule has 0 spiro atoms. The molecule has 2 aromatic carbocycles. The fourth-order valence-corrected chi connectivity index (χ4v) is 6.48. The van der Waals surface area contributed by atoms with Crippen molar-refractivity contribution in [3.63, 3.8) is 0 Å². The van der Waals surface area contributed by atoms with Crippen molar-refractivity contribution in [1.82, 2.24) is 34.9 Å². The number of aliphatic hydroxyl groups excluding tert-OH is 1. The number of methoxy groups -OCH3 is 2. The largest absolute Gasteiger partial charge is 0.480 e. The fourth-order valence-electron chi connectivity index (χ4n) is 6.03. The molecule has 1 aliphatic heterocycles. The molecule has 7 rings (SSSR count). The van der Waals surface area contributed by atoms with E-state index in [1.165, 1.54) is 55.4 Å². The Hall–Kier alpha value is -6.93. The minimum atomic E-state index is -0.382. The van der Waals surface area contributed by atoms with Crippen LogP contribution in [0, 0.1) is 36.5 Å². The van der Waals surface area contributed by atoms with Gasteiger partial charge in [0, 0.05) is 34.0 Å². The van der Waals surface area contributed by atoms with Gasteiger partial charge in [0.15, 0.2) is 12.0 Å². The first kappa shape index (κ1) is 49.1. The third-order valence-electron chi connectivity index (χ3n) is 9.31. The lowest BCUT2D eigenvalue weighted by atomic mass is 10.2. The van der Waals surface area contributed by atoms with E-state index in [2.05, 4.69) is 30.4 Å². The van der Waals surface area contributed by atoms with E-state index in [-0.39, 0.29) is 47.8 Å². The van der Waals surface area contributed by atoms with Gasteiger partial charge in [0.05, 0.1) is 80.7 Å². The molecule has 1 unspecified atom stereocenters. The number of benzene rings is 2. The zero-order chi connectivity index (χ0) is 46.9. The molecule has 5 heterocycles. The summed E-state index contributed by atoms with van der Waals surface area (Å²) >= 11 is 11.9. The van der Waals surface area contributed by atoms with E-state index in [1.54, 1.807) is 38.2 Å². The number of ether oxygens (including phenoxy) is 6. The van der Waals surface area contributed by atoms with E-state index in [4.69, 9.17) is 62.1 Å². The van der Waals surface area contributed by atoms with Crippen molar-refractivity contribution in [2.75, 3.05) is 20.8 Å². The van der Waals surface area contributed by atoms with Crippen LogP contribution in [-0.4, -0.2) is 67.2 Å². The zero-order valence-electron chi connectivity index (χ0n) is 36.1. The Bertz CT molecular complexity index is 2790. The van der Waals surface area contributed by atoms with E-state index in [0.717, 1.165) is 31.6 Å². The summed E-state index contributed by atoms with van der Waals surface area (Å²) in [7, 11) is 2.99. The fraction of sp³-hybridized carbons (Fsp3) is 0.311. The summed E-state index contributed by atoms with van der Waals surface area (Å²) in [5, 5.41) is 43.8. The molecule has 2 N–H and O–H groups in total. The van der Waals surface area contributed by atoms with Crippen molar-refractivity contribution < 1.29 is 33.5 Å². The van der Waals surface area contributed by atoms with Gasteiger partial charge in [0.1, 0.15) is 11.5 Å². The number of rotatable bonds is 13. The Morgan fingerprint density at radius 3 is 2.03 bits per heavy atom. The Morgan fingerprint density at radius 1 is 0.846 bits per heavy atom. The number of pyridine rings is 1. The Labute approximate surface area is 383 Å². The lowest BCUT2D eigenvalue weighted by Gasteiger charge is -2.22. The molecule has 20 heteroatoms. The standard InChI is InChI=1S/C20H18ClN5O3.C13H9ClN2O2.C12H18N2O4/c1-4-16-7-14(19(28-3)25-24-16)10-26-11-23-12(2)18(20(26)27)29-17-6-13(9-22)5-15(21)8-17;1-8-2-3-16-13(17)12(8)18-11-5-9(7-15)4-10(14)6-11;1-16-12-9(7-15)6-10(13-14-12)8-18-11-4-2-3-5-17-11/h5-8,11H,4,10H2,1-3H3;2-6H,1H3,(H,16,17);6,11,15H,2-5,7-8H2,1H3. The first-order valence-corrected chi connectivity index (χ1v) is 20.8. The van der Waals surface area contributed by atoms with E-state index in [0.29, 0.717) is 79.8 Å². The maximum Gasteiger partial charge on any atom is 0.296 e. The van der Waals surface area contributed by atoms with Crippen LogP contribution in [0.5, 0.6) is 34.8 Å². The van der Waals surface area contributed by atoms with Crippen LogP contribution in [0.4, 0.5) is 0 Å². The highest BCUT2D eigenvalue weighted by molar-refractivity contribution is 6.31. The van der Waals surface area contributed by atoms with Crippen LogP contribution in [0.25, 0.3) is 0 Å². The number of nitrogens with zero attached hydrogens (tertiary/aromatic N) is 8. The van der Waals surface area contributed by atoms with Crippen molar-refractivity contribution in [3.8, 4) is 46.9 Å². The average Bonchev–Trinajstić information content (AvgIpc) is 3.32. The summed E-state index contributed by atoms with van der Waals surface area (Å²) in [6.07, 6.45) is 6.67. The normalized spacial score (nSPS) is 12.9. The number of nitriles is 2. The van der Waals surface area contributed by atoms with E-state index < -0.39 is 0 Å². The molecule has 0 amide bonds. The van der Waals surface area contributed by atoms with Crippen molar-refractivity contribution in [2.45, 2.75) is 72.5 Å². The van der Waals surface area contributed by atoms with Crippen molar-refractivity contribution in [1.29, 1.82) is 10.5 Å².